The van der Waals surface area contributed by atoms with Crippen molar-refractivity contribution in [3.05, 3.63) is 105 Å². The number of carbonyl (C=O) groups is 1. The molecule has 1 aliphatic heterocycles. The Morgan fingerprint density at radius 1 is 1.09 bits per heavy atom. The van der Waals surface area contributed by atoms with E-state index >= 15 is 0 Å². The molecule has 0 aliphatic carbocycles. The number of nitro groups is 1. The number of nitrogens with zero attached hydrogens (tertiary/aromatic N) is 3. The lowest BCUT2D eigenvalue weighted by atomic mass is 9.90. The van der Waals surface area contributed by atoms with Gasteiger partial charge in [0, 0.05) is 67.4 Å². The van der Waals surface area contributed by atoms with E-state index in [9.17, 15) is 33.2 Å². The lowest BCUT2D eigenvalue weighted by molar-refractivity contribution is -0.384. The zero-order valence-electron chi connectivity index (χ0n) is 24.8. The lowest BCUT2D eigenvalue weighted by Crippen LogP contribution is -2.52. The summed E-state index contributed by atoms with van der Waals surface area (Å²) in [6.45, 7) is 2.02. The van der Waals surface area contributed by atoms with Crippen molar-refractivity contribution in [3.63, 3.8) is 0 Å². The molecule has 12 heteroatoms. The summed E-state index contributed by atoms with van der Waals surface area (Å²) in [5.74, 6) is 0.192. The molecule has 0 amide bonds. The van der Waals surface area contributed by atoms with Gasteiger partial charge < -0.3 is 19.1 Å². The number of rotatable bonds is 12. The van der Waals surface area contributed by atoms with Crippen LogP contribution in [-0.4, -0.2) is 57.9 Å². The third kappa shape index (κ3) is 6.97. The Labute approximate surface area is 257 Å². The monoisotopic (exact) mass is 625 g/mol. The van der Waals surface area contributed by atoms with Crippen molar-refractivity contribution >= 4 is 22.6 Å². The Morgan fingerprint density at radius 2 is 1.87 bits per heavy atom. The van der Waals surface area contributed by atoms with Gasteiger partial charge in [-0.15, -0.1) is 0 Å². The number of halogens is 3. The first kappa shape index (κ1) is 32.0. The van der Waals surface area contributed by atoms with Gasteiger partial charge in [0.15, 0.2) is 0 Å². The summed E-state index contributed by atoms with van der Waals surface area (Å²) >= 11 is 0. The van der Waals surface area contributed by atoms with Crippen molar-refractivity contribution in [2.45, 2.75) is 51.1 Å². The summed E-state index contributed by atoms with van der Waals surface area (Å²) in [6, 6.07) is 18.1. The minimum Gasteiger partial charge on any atom is -0.493 e. The van der Waals surface area contributed by atoms with Crippen LogP contribution < -0.4 is 4.74 Å². The van der Waals surface area contributed by atoms with Crippen molar-refractivity contribution in [2.75, 3.05) is 26.3 Å². The van der Waals surface area contributed by atoms with Crippen LogP contribution in [0.15, 0.2) is 72.9 Å². The summed E-state index contributed by atoms with van der Waals surface area (Å²) in [5, 5.41) is 23.2. The van der Waals surface area contributed by atoms with Crippen LogP contribution in [0.1, 0.15) is 42.0 Å². The third-order valence-electron chi connectivity index (χ3n) is 8.04. The Balaban J connectivity index is 1.45. The number of fused-ring (bicyclic) bond motifs is 2. The Bertz CT molecular complexity index is 1670. The molecule has 4 aromatic rings. The molecule has 0 fully saturated rings. The molecule has 1 atom stereocenters. The molecule has 9 nitrogen and oxygen atoms in total. The van der Waals surface area contributed by atoms with E-state index in [-0.39, 0.29) is 60.8 Å². The predicted octanol–water partition coefficient (Wildman–Crippen LogP) is 6.13. The van der Waals surface area contributed by atoms with Gasteiger partial charge in [0.25, 0.3) is 5.69 Å². The molecule has 1 N–H and O–H groups in total. The molecule has 238 valence electrons. The fourth-order valence-electron chi connectivity index (χ4n) is 5.79. The second kappa shape index (κ2) is 13.3. The number of aliphatic hydroxyl groups is 1. The smallest absolute Gasteiger partial charge is 0.422 e. The van der Waals surface area contributed by atoms with Gasteiger partial charge in [0.1, 0.15) is 5.75 Å². The number of nitro benzene ring substituents is 1. The van der Waals surface area contributed by atoms with Gasteiger partial charge in [-0.2, -0.15) is 13.2 Å². The van der Waals surface area contributed by atoms with E-state index in [0.29, 0.717) is 25.2 Å². The van der Waals surface area contributed by atoms with Crippen LogP contribution in [0.5, 0.6) is 5.75 Å². The number of ether oxygens (including phenoxy) is 2. The molecule has 3 aromatic carbocycles. The van der Waals surface area contributed by atoms with Crippen molar-refractivity contribution in [3.8, 4) is 5.75 Å². The average Bonchev–Trinajstić information content (AvgIpc) is 3.37. The van der Waals surface area contributed by atoms with Crippen molar-refractivity contribution in [2.24, 2.45) is 0 Å². The number of aromatic nitrogens is 1. The van der Waals surface area contributed by atoms with Crippen LogP contribution >= 0.6 is 0 Å². The number of β-amino-alcohol motifs (C(OH)–C–C–N with tert-alkyl or cyclic N) is 1. The van der Waals surface area contributed by atoms with Crippen LogP contribution in [0.2, 0.25) is 0 Å². The molecule has 45 heavy (non-hydrogen) atoms. The number of non-ortho nitro benzene ring substituents is 1. The van der Waals surface area contributed by atoms with E-state index < -0.39 is 23.2 Å². The quantitative estimate of drug-likeness (QED) is 0.0874. The number of hydrogen-bond acceptors (Lipinski definition) is 7. The molecule has 1 aromatic heterocycles. The molecule has 0 radical (unpaired) electrons. The van der Waals surface area contributed by atoms with Crippen molar-refractivity contribution < 1.29 is 37.5 Å². The van der Waals surface area contributed by atoms with E-state index in [2.05, 4.69) is 0 Å². The van der Waals surface area contributed by atoms with Crippen molar-refractivity contribution in [1.82, 2.24) is 9.47 Å². The summed E-state index contributed by atoms with van der Waals surface area (Å²) in [5.41, 5.74) is -1.25. The first-order chi connectivity index (χ1) is 21.5. The molecule has 0 saturated heterocycles. The Hall–Kier alpha value is -4.42. The highest BCUT2D eigenvalue weighted by Gasteiger charge is 2.57. The fraction of sp³-hybridized carbons (Fsp3) is 0.364. The zero-order valence-corrected chi connectivity index (χ0v) is 24.8. The van der Waals surface area contributed by atoms with E-state index in [1.165, 1.54) is 22.9 Å². The minimum atomic E-state index is -5.07. The predicted molar refractivity (Wildman–Crippen MR) is 161 cm³/mol. The number of esters is 1. The van der Waals surface area contributed by atoms with E-state index in [0.717, 1.165) is 22.8 Å². The SMILES string of the molecule is CCOC(=O)CCCOc1cccc2c1CN(CC(O)(c1cn(Cc3ccccc3)c3cc([N+](=O)[O-])ccc13)C(F)(F)F)CC2. The molecule has 5 rings (SSSR count). The maximum Gasteiger partial charge on any atom is 0.422 e. The van der Waals surface area contributed by atoms with E-state index in [1.54, 1.807) is 42.2 Å². The maximum absolute atomic E-state index is 15.0. The normalized spacial score (nSPS) is 15.0. The first-order valence-corrected chi connectivity index (χ1v) is 14.7. The van der Waals surface area contributed by atoms with Gasteiger partial charge in [0.05, 0.1) is 23.7 Å². The number of alkyl halides is 3. The number of carbonyl (C=O) groups excluding carboxylic acids is 1. The third-order valence-corrected chi connectivity index (χ3v) is 8.04. The van der Waals surface area contributed by atoms with Gasteiger partial charge in [0.2, 0.25) is 5.60 Å². The molecular weight excluding hydrogens is 591 g/mol. The Kier molecular flexibility index (Phi) is 9.45. The van der Waals surface area contributed by atoms with Crippen LogP contribution in [-0.2, 0) is 34.6 Å². The molecule has 0 bridgehead atoms. The highest BCUT2D eigenvalue weighted by atomic mass is 19.4. The Morgan fingerprint density at radius 3 is 2.58 bits per heavy atom. The highest BCUT2D eigenvalue weighted by molar-refractivity contribution is 5.87. The van der Waals surface area contributed by atoms with Gasteiger partial charge in [-0.3, -0.25) is 19.8 Å². The number of hydrogen-bond donors (Lipinski definition) is 1. The summed E-state index contributed by atoms with van der Waals surface area (Å²) in [4.78, 5) is 24.1. The molecule has 1 unspecified atom stereocenters. The first-order valence-electron chi connectivity index (χ1n) is 14.7. The fourth-order valence-corrected chi connectivity index (χ4v) is 5.79. The van der Waals surface area contributed by atoms with E-state index in [1.807, 2.05) is 18.2 Å². The minimum absolute atomic E-state index is 0.0828. The lowest BCUT2D eigenvalue weighted by Gasteiger charge is -2.38. The van der Waals surface area contributed by atoms with Crippen LogP contribution in [0.3, 0.4) is 0 Å². The van der Waals surface area contributed by atoms with E-state index in [4.69, 9.17) is 9.47 Å². The number of benzene rings is 3. The van der Waals surface area contributed by atoms with Crippen LogP contribution in [0.4, 0.5) is 18.9 Å². The summed E-state index contributed by atoms with van der Waals surface area (Å²) < 4.78 is 57.3. The van der Waals surface area contributed by atoms with Gasteiger partial charge in [-0.05, 0) is 43.0 Å². The topological polar surface area (TPSA) is 107 Å². The summed E-state index contributed by atoms with van der Waals surface area (Å²) in [6.07, 6.45) is -2.75. The zero-order chi connectivity index (χ0) is 32.2. The molecule has 0 spiro atoms. The molecular formula is C33H34F3N3O6. The van der Waals surface area contributed by atoms with Crippen molar-refractivity contribution in [1.29, 1.82) is 0 Å². The second-order valence-corrected chi connectivity index (χ2v) is 11.1. The molecule has 2 heterocycles. The molecule has 1 aliphatic rings. The van der Waals surface area contributed by atoms with Gasteiger partial charge >= 0.3 is 12.1 Å². The molecule has 0 saturated carbocycles. The van der Waals surface area contributed by atoms with Gasteiger partial charge in [-0.25, -0.2) is 0 Å². The van der Waals surface area contributed by atoms with Crippen LogP contribution in [0, 0.1) is 10.1 Å². The second-order valence-electron chi connectivity index (χ2n) is 11.1. The average molecular weight is 626 g/mol. The van der Waals surface area contributed by atoms with Gasteiger partial charge in [-0.1, -0.05) is 42.5 Å². The maximum atomic E-state index is 15.0. The largest absolute Gasteiger partial charge is 0.493 e. The standard InChI is InChI=1S/C33H34F3N3O6/c1-2-44-31(40)12-7-17-45-30-11-6-10-24-15-16-37(20-27(24)30)22-32(41,33(34,35)36)28-21-38(19-23-8-4-3-5-9-23)29-18-25(39(42)43)13-14-26(28)29/h3-6,8-11,13-14,18,21,41H,2,7,12,15-17,19-20,22H2,1H3. The summed E-state index contributed by atoms with van der Waals surface area (Å²) in [7, 11) is 0. The van der Waals surface area contributed by atoms with Crippen LogP contribution in [0.25, 0.3) is 10.9 Å². The highest BCUT2D eigenvalue weighted by Crippen LogP contribution is 2.44.